The second kappa shape index (κ2) is 7.26. The first-order valence-electron chi connectivity index (χ1n) is 10.2. The van der Waals surface area contributed by atoms with Crippen molar-refractivity contribution in [2.24, 2.45) is 11.3 Å². The molecule has 0 aromatic carbocycles. The number of carbonyl (C=O) groups excluding carboxylic acids is 1. The fourth-order valence-corrected chi connectivity index (χ4v) is 5.79. The van der Waals surface area contributed by atoms with Gasteiger partial charge in [0.25, 0.3) is 5.56 Å². The molecule has 2 aromatic heterocycles. The summed E-state index contributed by atoms with van der Waals surface area (Å²) in [6.07, 6.45) is 3.18. The molecule has 0 saturated carbocycles. The molecular weight excluding hydrogens is 372 g/mol. The van der Waals surface area contributed by atoms with Crippen LogP contribution < -0.4 is 5.56 Å². The van der Waals surface area contributed by atoms with E-state index in [9.17, 15) is 9.59 Å². The molecule has 0 spiro atoms. The topological polar surface area (TPSA) is 69.3 Å². The van der Waals surface area contributed by atoms with Gasteiger partial charge in [0.2, 0.25) is 5.91 Å². The maximum atomic E-state index is 12.8. The number of hydrogen-bond acceptors (Lipinski definition) is 5. The van der Waals surface area contributed by atoms with Gasteiger partial charge in [0.1, 0.15) is 10.7 Å². The number of aromatic amines is 1. The van der Waals surface area contributed by atoms with E-state index in [1.807, 2.05) is 4.90 Å². The van der Waals surface area contributed by atoms with Crippen LogP contribution in [0, 0.1) is 11.3 Å². The zero-order valence-electron chi connectivity index (χ0n) is 17.3. The van der Waals surface area contributed by atoms with Crippen LogP contribution in [-0.4, -0.2) is 51.9 Å². The Morgan fingerprint density at radius 1 is 1.25 bits per heavy atom. The molecule has 6 nitrogen and oxygen atoms in total. The Bertz CT molecular complexity index is 948. The maximum Gasteiger partial charge on any atom is 0.259 e. The standard InChI is InChI=1S/C21H30N4O2S/c1-13(26)25-9-7-24(8-10-25)12-17-22-19(27)18-15-6-5-14(21(2,3)4)11-16(15)28-20(18)23-17/h14H,5-12H2,1-4H3,(H,22,23,27)/t14-/m1/s1. The minimum Gasteiger partial charge on any atom is -0.340 e. The van der Waals surface area contributed by atoms with E-state index in [2.05, 4.69) is 30.7 Å². The summed E-state index contributed by atoms with van der Waals surface area (Å²) in [5, 5.41) is 0.817. The van der Waals surface area contributed by atoms with Gasteiger partial charge in [-0.3, -0.25) is 14.5 Å². The molecule has 0 radical (unpaired) electrons. The molecule has 2 aliphatic rings. The van der Waals surface area contributed by atoms with E-state index in [1.54, 1.807) is 18.3 Å². The van der Waals surface area contributed by atoms with Crippen LogP contribution in [0.2, 0.25) is 0 Å². The van der Waals surface area contributed by atoms with Crippen molar-refractivity contribution in [3.8, 4) is 0 Å². The van der Waals surface area contributed by atoms with Gasteiger partial charge in [0.15, 0.2) is 0 Å². The second-order valence-corrected chi connectivity index (χ2v) is 10.4. The molecule has 1 amide bonds. The van der Waals surface area contributed by atoms with Crippen molar-refractivity contribution in [3.63, 3.8) is 0 Å². The third kappa shape index (κ3) is 3.74. The molecule has 4 rings (SSSR count). The molecule has 1 fully saturated rings. The van der Waals surface area contributed by atoms with Crippen LogP contribution in [0.15, 0.2) is 4.79 Å². The maximum absolute atomic E-state index is 12.8. The van der Waals surface area contributed by atoms with E-state index >= 15 is 0 Å². The molecule has 1 aliphatic heterocycles. The van der Waals surface area contributed by atoms with Gasteiger partial charge >= 0.3 is 0 Å². The van der Waals surface area contributed by atoms with Crippen LogP contribution in [-0.2, 0) is 24.2 Å². The number of thiophene rings is 1. The Balaban J connectivity index is 1.55. The number of fused-ring (bicyclic) bond motifs is 3. The zero-order chi connectivity index (χ0) is 20.1. The molecule has 0 bridgehead atoms. The molecule has 152 valence electrons. The first-order chi connectivity index (χ1) is 13.2. The van der Waals surface area contributed by atoms with Crippen molar-refractivity contribution in [1.82, 2.24) is 19.8 Å². The molecule has 3 heterocycles. The first kappa shape index (κ1) is 19.6. The Morgan fingerprint density at radius 2 is 1.96 bits per heavy atom. The van der Waals surface area contributed by atoms with Crippen LogP contribution in [0.3, 0.4) is 0 Å². The Hall–Kier alpha value is -1.73. The van der Waals surface area contributed by atoms with Gasteiger partial charge in [-0.2, -0.15) is 0 Å². The van der Waals surface area contributed by atoms with E-state index in [-0.39, 0.29) is 11.5 Å². The van der Waals surface area contributed by atoms with Crippen molar-refractivity contribution < 1.29 is 4.79 Å². The van der Waals surface area contributed by atoms with E-state index in [1.165, 1.54) is 10.4 Å². The van der Waals surface area contributed by atoms with Gasteiger partial charge in [-0.15, -0.1) is 11.3 Å². The molecule has 2 aromatic rings. The summed E-state index contributed by atoms with van der Waals surface area (Å²) in [5.41, 5.74) is 1.53. The summed E-state index contributed by atoms with van der Waals surface area (Å²) < 4.78 is 0. The highest BCUT2D eigenvalue weighted by Gasteiger charge is 2.31. The number of piperazine rings is 1. The lowest BCUT2D eigenvalue weighted by molar-refractivity contribution is -0.130. The van der Waals surface area contributed by atoms with Gasteiger partial charge in [0, 0.05) is 38.0 Å². The third-order valence-electron chi connectivity index (χ3n) is 6.38. The molecular formula is C21H30N4O2S. The lowest BCUT2D eigenvalue weighted by Gasteiger charge is -2.33. The SMILES string of the molecule is CC(=O)N1CCN(Cc2nc3sc4c(c3c(=O)[nH]2)CC[C@@H](C(C)(C)C)C4)CC1. The number of nitrogens with zero attached hydrogens (tertiary/aromatic N) is 3. The summed E-state index contributed by atoms with van der Waals surface area (Å²) in [7, 11) is 0. The summed E-state index contributed by atoms with van der Waals surface area (Å²) in [5.74, 6) is 1.52. The number of aromatic nitrogens is 2. The number of carbonyl (C=O) groups is 1. The van der Waals surface area contributed by atoms with Crippen LogP contribution >= 0.6 is 11.3 Å². The van der Waals surface area contributed by atoms with Crippen molar-refractivity contribution in [2.45, 2.75) is 53.5 Å². The molecule has 1 N–H and O–H groups in total. The Morgan fingerprint density at radius 3 is 2.61 bits per heavy atom. The van der Waals surface area contributed by atoms with Gasteiger partial charge in [-0.1, -0.05) is 20.8 Å². The number of nitrogens with one attached hydrogen (secondary N) is 1. The predicted octanol–water partition coefficient (Wildman–Crippen LogP) is 2.80. The quantitative estimate of drug-likeness (QED) is 0.839. The number of hydrogen-bond donors (Lipinski definition) is 1. The highest BCUT2D eigenvalue weighted by atomic mass is 32.1. The smallest absolute Gasteiger partial charge is 0.259 e. The highest BCUT2D eigenvalue weighted by Crippen LogP contribution is 2.41. The largest absolute Gasteiger partial charge is 0.340 e. The minimum absolute atomic E-state index is 0.00841. The van der Waals surface area contributed by atoms with Crippen molar-refractivity contribution >= 4 is 27.5 Å². The molecule has 7 heteroatoms. The second-order valence-electron chi connectivity index (χ2n) is 9.28. The summed E-state index contributed by atoms with van der Waals surface area (Å²) in [6.45, 7) is 12.3. The normalized spacial score (nSPS) is 21.1. The number of H-pyrrole nitrogens is 1. The van der Waals surface area contributed by atoms with Gasteiger partial charge in [0.05, 0.1) is 11.9 Å². The van der Waals surface area contributed by atoms with E-state index in [4.69, 9.17) is 4.98 Å². The molecule has 1 atom stereocenters. The lowest BCUT2D eigenvalue weighted by atomic mass is 9.72. The summed E-state index contributed by atoms with van der Waals surface area (Å²) in [4.78, 5) is 38.5. The van der Waals surface area contributed by atoms with E-state index in [0.29, 0.717) is 17.9 Å². The average molecular weight is 403 g/mol. The van der Waals surface area contributed by atoms with Gasteiger partial charge < -0.3 is 9.88 Å². The number of aryl methyl sites for hydroxylation is 1. The third-order valence-corrected chi connectivity index (χ3v) is 7.53. The number of amides is 1. The monoisotopic (exact) mass is 402 g/mol. The lowest BCUT2D eigenvalue weighted by Crippen LogP contribution is -2.47. The predicted molar refractivity (Wildman–Crippen MR) is 113 cm³/mol. The first-order valence-corrected chi connectivity index (χ1v) is 11.1. The van der Waals surface area contributed by atoms with Gasteiger partial charge in [-0.05, 0) is 36.2 Å². The summed E-state index contributed by atoms with van der Waals surface area (Å²) in [6, 6.07) is 0. The Labute approximate surface area is 169 Å². The van der Waals surface area contributed by atoms with Gasteiger partial charge in [-0.25, -0.2) is 4.98 Å². The molecule has 28 heavy (non-hydrogen) atoms. The fourth-order valence-electron chi connectivity index (χ4n) is 4.48. The highest BCUT2D eigenvalue weighted by molar-refractivity contribution is 7.18. The van der Waals surface area contributed by atoms with Crippen LogP contribution in [0.25, 0.3) is 10.2 Å². The van der Waals surface area contributed by atoms with Crippen molar-refractivity contribution in [3.05, 3.63) is 26.6 Å². The number of rotatable bonds is 2. The Kier molecular flexibility index (Phi) is 5.08. The fraction of sp³-hybridized carbons (Fsp3) is 0.667. The van der Waals surface area contributed by atoms with E-state index < -0.39 is 0 Å². The van der Waals surface area contributed by atoms with E-state index in [0.717, 1.165) is 61.5 Å². The summed E-state index contributed by atoms with van der Waals surface area (Å²) >= 11 is 1.71. The van der Waals surface area contributed by atoms with Crippen LogP contribution in [0.4, 0.5) is 0 Å². The van der Waals surface area contributed by atoms with Crippen LogP contribution in [0.5, 0.6) is 0 Å². The van der Waals surface area contributed by atoms with Crippen molar-refractivity contribution in [2.75, 3.05) is 26.2 Å². The molecule has 1 saturated heterocycles. The van der Waals surface area contributed by atoms with Crippen LogP contribution in [0.1, 0.15) is 50.4 Å². The minimum atomic E-state index is 0.00841. The van der Waals surface area contributed by atoms with Crippen molar-refractivity contribution in [1.29, 1.82) is 0 Å². The molecule has 0 unspecified atom stereocenters. The zero-order valence-corrected chi connectivity index (χ0v) is 18.1. The average Bonchev–Trinajstić information content (AvgIpc) is 2.99. The molecule has 1 aliphatic carbocycles.